The van der Waals surface area contributed by atoms with Gasteiger partial charge in [-0.15, -0.1) is 6.42 Å². The van der Waals surface area contributed by atoms with Crippen LogP contribution in [0.1, 0.15) is 33.6 Å². The van der Waals surface area contributed by atoms with Crippen molar-refractivity contribution in [3.05, 3.63) is 0 Å². The lowest BCUT2D eigenvalue weighted by Crippen LogP contribution is -2.61. The summed E-state index contributed by atoms with van der Waals surface area (Å²) in [5.41, 5.74) is 0.0307. The summed E-state index contributed by atoms with van der Waals surface area (Å²) in [6.07, 6.45) is 7.57. The van der Waals surface area contributed by atoms with E-state index in [-0.39, 0.29) is 17.1 Å². The van der Waals surface area contributed by atoms with Crippen molar-refractivity contribution in [2.75, 3.05) is 32.7 Å². The maximum atomic E-state index is 7.71. The zero-order valence-corrected chi connectivity index (χ0v) is 11.9. The molecule has 2 aliphatic rings. The highest BCUT2D eigenvalue weighted by Gasteiger charge is 2.44. The normalized spacial score (nSPS) is 31.0. The lowest BCUT2D eigenvalue weighted by molar-refractivity contribution is -0.193. The quantitative estimate of drug-likeness (QED) is 0.715. The Kier molecular flexibility index (Phi) is 3.61. The fraction of sp³-hybridized carbons (Fsp3) is 0.867. The molecular formula is C15H26N2O. The molecule has 2 rings (SSSR count). The molecule has 0 bridgehead atoms. The molecule has 2 aliphatic heterocycles. The predicted octanol–water partition coefficient (Wildman–Crippen LogP) is 1.49. The van der Waals surface area contributed by atoms with Crippen LogP contribution in [-0.2, 0) is 4.74 Å². The third kappa shape index (κ3) is 3.06. The number of piperidine rings is 1. The second-order valence-electron chi connectivity index (χ2n) is 6.70. The van der Waals surface area contributed by atoms with Gasteiger partial charge in [-0.25, -0.2) is 0 Å². The molecule has 18 heavy (non-hydrogen) atoms. The second-order valence-corrected chi connectivity index (χ2v) is 6.70. The van der Waals surface area contributed by atoms with Crippen molar-refractivity contribution in [1.29, 1.82) is 0 Å². The summed E-state index contributed by atoms with van der Waals surface area (Å²) in [6, 6.07) is 0. The summed E-state index contributed by atoms with van der Waals surface area (Å²) in [6.45, 7) is 10.8. The van der Waals surface area contributed by atoms with E-state index in [1.54, 1.807) is 5.31 Å². The summed E-state index contributed by atoms with van der Waals surface area (Å²) in [5, 5.41) is 1.64. The van der Waals surface area contributed by atoms with Gasteiger partial charge in [-0.05, 0) is 31.3 Å². The summed E-state index contributed by atoms with van der Waals surface area (Å²) >= 11 is 0. The molecule has 0 aromatic rings. The van der Waals surface area contributed by atoms with Gasteiger partial charge in [0.2, 0.25) is 0 Å². The van der Waals surface area contributed by atoms with Crippen LogP contribution in [0, 0.1) is 17.8 Å². The highest BCUT2D eigenvalue weighted by Crippen LogP contribution is 2.36. The maximum Gasteiger partial charge on any atom is 0.122 e. The number of terminal acetylenes is 1. The highest BCUT2D eigenvalue weighted by atomic mass is 16.5. The molecule has 0 aromatic carbocycles. The minimum Gasteiger partial charge on any atom is -0.368 e. The van der Waals surface area contributed by atoms with Crippen LogP contribution in [0.4, 0.5) is 0 Å². The fourth-order valence-corrected chi connectivity index (χ4v) is 2.86. The minimum atomic E-state index is -0.0927. The summed E-state index contributed by atoms with van der Waals surface area (Å²) in [7, 11) is 0. The second kappa shape index (κ2) is 5.21. The summed E-state index contributed by atoms with van der Waals surface area (Å²) < 4.78 is 14.2. The smallest absolute Gasteiger partial charge is 0.122 e. The van der Waals surface area contributed by atoms with Gasteiger partial charge in [0.05, 0.1) is 18.2 Å². The Labute approximate surface area is 113 Å². The first-order valence-electron chi connectivity index (χ1n) is 7.37. The van der Waals surface area contributed by atoms with Crippen LogP contribution in [0.2, 0.25) is 1.41 Å². The Morgan fingerprint density at radius 1 is 1.50 bits per heavy atom. The van der Waals surface area contributed by atoms with E-state index in [1.165, 1.54) is 0 Å². The first-order chi connectivity index (χ1) is 8.85. The number of hydrogen-bond donors (Lipinski definition) is 1. The van der Waals surface area contributed by atoms with E-state index >= 15 is 0 Å². The Hall–Kier alpha value is -0.560. The monoisotopic (exact) mass is 251 g/mol. The molecule has 2 heterocycles. The van der Waals surface area contributed by atoms with Gasteiger partial charge < -0.3 is 10.0 Å². The fourth-order valence-electron chi connectivity index (χ4n) is 2.86. The topological polar surface area (TPSA) is 24.5 Å². The van der Waals surface area contributed by atoms with Crippen LogP contribution in [0.25, 0.3) is 0 Å². The molecule has 102 valence electrons. The van der Waals surface area contributed by atoms with Gasteiger partial charge in [0.15, 0.2) is 0 Å². The SMILES string of the molecule is [2H]N1CCC2(CC1)CN(CC#C)CC(C(C)(C)C)O2. The molecule has 0 aromatic heterocycles. The first kappa shape index (κ1) is 12.5. The molecule has 1 atom stereocenters. The first-order valence-corrected chi connectivity index (χ1v) is 6.92. The van der Waals surface area contributed by atoms with Gasteiger partial charge >= 0.3 is 0 Å². The van der Waals surface area contributed by atoms with Gasteiger partial charge in [0.1, 0.15) is 1.41 Å². The number of hydrogen-bond acceptors (Lipinski definition) is 3. The number of morpholine rings is 1. The molecule has 0 aliphatic carbocycles. The maximum absolute atomic E-state index is 7.71. The zero-order valence-electron chi connectivity index (χ0n) is 12.9. The van der Waals surface area contributed by atoms with Gasteiger partial charge in [0, 0.05) is 13.1 Å². The van der Waals surface area contributed by atoms with Crippen molar-refractivity contribution in [2.24, 2.45) is 5.41 Å². The molecule has 2 saturated heterocycles. The molecular weight excluding hydrogens is 224 g/mol. The van der Waals surface area contributed by atoms with Crippen molar-refractivity contribution in [3.8, 4) is 12.3 Å². The average Bonchev–Trinajstić information content (AvgIpc) is 2.32. The van der Waals surface area contributed by atoms with Crippen molar-refractivity contribution in [3.63, 3.8) is 0 Å². The molecule has 1 spiro atoms. The van der Waals surface area contributed by atoms with E-state index in [0.29, 0.717) is 6.54 Å². The van der Waals surface area contributed by atoms with E-state index in [1.807, 2.05) is 0 Å². The van der Waals surface area contributed by atoms with E-state index in [0.717, 1.165) is 39.0 Å². The largest absolute Gasteiger partial charge is 0.368 e. The molecule has 0 amide bonds. The molecule has 0 saturated carbocycles. The summed E-state index contributed by atoms with van der Waals surface area (Å²) in [4.78, 5) is 2.35. The van der Waals surface area contributed by atoms with Crippen molar-refractivity contribution in [2.45, 2.75) is 45.3 Å². The molecule has 1 unspecified atom stereocenters. The molecule has 2 fully saturated rings. The van der Waals surface area contributed by atoms with Crippen LogP contribution >= 0.6 is 0 Å². The number of nitrogens with one attached hydrogen (secondary N) is 1. The van der Waals surface area contributed by atoms with E-state index < -0.39 is 0 Å². The number of ether oxygens (including phenoxy) is 1. The van der Waals surface area contributed by atoms with Gasteiger partial charge in [0.25, 0.3) is 0 Å². The Bertz CT molecular complexity index is 350. The van der Waals surface area contributed by atoms with E-state index in [9.17, 15) is 0 Å². The third-order valence-electron chi connectivity index (χ3n) is 4.06. The lowest BCUT2D eigenvalue weighted by atomic mass is 9.83. The minimum absolute atomic E-state index is 0.0927. The van der Waals surface area contributed by atoms with Crippen LogP contribution in [0.15, 0.2) is 0 Å². The van der Waals surface area contributed by atoms with Crippen molar-refractivity contribution >= 4 is 0 Å². The van der Waals surface area contributed by atoms with Crippen LogP contribution in [0.5, 0.6) is 0 Å². The average molecular weight is 251 g/mol. The van der Waals surface area contributed by atoms with Crippen molar-refractivity contribution in [1.82, 2.24) is 10.2 Å². The van der Waals surface area contributed by atoms with Gasteiger partial charge in [-0.1, -0.05) is 26.7 Å². The Morgan fingerprint density at radius 3 is 2.72 bits per heavy atom. The summed E-state index contributed by atoms with van der Waals surface area (Å²) in [5.74, 6) is 2.76. The van der Waals surface area contributed by atoms with E-state index in [4.69, 9.17) is 12.6 Å². The van der Waals surface area contributed by atoms with Crippen LogP contribution < -0.4 is 5.31 Å². The molecule has 1 N–H and O–H groups in total. The molecule has 0 radical (unpaired) electrons. The predicted molar refractivity (Wildman–Crippen MR) is 74.4 cm³/mol. The Balaban J connectivity index is 2.13. The van der Waals surface area contributed by atoms with Crippen LogP contribution in [0.3, 0.4) is 0 Å². The lowest BCUT2D eigenvalue weighted by Gasteiger charge is -2.51. The van der Waals surface area contributed by atoms with Crippen LogP contribution in [-0.4, -0.2) is 49.3 Å². The van der Waals surface area contributed by atoms with Crippen molar-refractivity contribution < 1.29 is 6.15 Å². The number of nitrogens with zero attached hydrogens (tertiary/aromatic N) is 1. The standard InChI is InChI=1S/C15H26N2O/c1-5-10-17-11-13(14(2,3)4)18-15(12-17)6-8-16-9-7-15/h1,13,16H,6-12H2,2-4H3/i/hD. The molecule has 3 nitrogen and oxygen atoms in total. The highest BCUT2D eigenvalue weighted by molar-refractivity contribution is 4.99. The number of rotatable bonds is 1. The van der Waals surface area contributed by atoms with E-state index in [2.05, 4.69) is 31.6 Å². The van der Waals surface area contributed by atoms with Gasteiger partial charge in [-0.2, -0.15) is 0 Å². The Morgan fingerprint density at radius 2 is 2.17 bits per heavy atom. The third-order valence-corrected chi connectivity index (χ3v) is 4.06. The van der Waals surface area contributed by atoms with Gasteiger partial charge in [-0.3, -0.25) is 4.90 Å². The zero-order chi connectivity index (χ0) is 14.1. The molecule has 3 heteroatoms.